The number of carboxylic acids is 2. The average molecular weight is 792 g/mol. The van der Waals surface area contributed by atoms with Gasteiger partial charge in [-0.25, -0.2) is 0 Å². The lowest BCUT2D eigenvalue weighted by atomic mass is 9.70. The van der Waals surface area contributed by atoms with Gasteiger partial charge in [0.1, 0.15) is 6.04 Å². The Morgan fingerprint density at radius 3 is 0.929 bits per heavy atom. The minimum Gasteiger partial charge on any atom is -0.481 e. The minimum absolute atomic E-state index is 0.101. The van der Waals surface area contributed by atoms with Crippen LogP contribution in [0.2, 0.25) is 0 Å². The first-order chi connectivity index (χ1) is 27.4. The van der Waals surface area contributed by atoms with Crippen LogP contribution in [0.4, 0.5) is 0 Å². The molecular weight excluding hydrogens is 691 g/mol. The molecule has 3 unspecified atom stereocenters. The molecule has 5 heteroatoms. The van der Waals surface area contributed by atoms with Crippen LogP contribution in [0.25, 0.3) is 0 Å². The predicted molar refractivity (Wildman–Crippen MR) is 245 cm³/mol. The van der Waals surface area contributed by atoms with Crippen LogP contribution in [0, 0.1) is 5.92 Å². The molecule has 0 aromatic heterocycles. The van der Waals surface area contributed by atoms with Gasteiger partial charge in [0.25, 0.3) is 0 Å². The summed E-state index contributed by atoms with van der Waals surface area (Å²) in [5.41, 5.74) is -0.243. The number of hydrogen-bond donors (Lipinski definition) is 3. The maximum Gasteiger partial charge on any atom is 0.320 e. The van der Waals surface area contributed by atoms with E-state index < -0.39 is 18.0 Å². The molecule has 334 valence electrons. The lowest BCUT2D eigenvalue weighted by Crippen LogP contribution is -2.57. The van der Waals surface area contributed by atoms with Gasteiger partial charge in [0.2, 0.25) is 0 Å². The zero-order valence-corrected chi connectivity index (χ0v) is 38.6. The molecule has 0 spiro atoms. The Hall–Kier alpha value is -1.10. The fourth-order valence-electron chi connectivity index (χ4n) is 9.27. The molecule has 0 aliphatic heterocycles. The second-order valence-electron chi connectivity index (χ2n) is 18.2. The summed E-state index contributed by atoms with van der Waals surface area (Å²) in [5.74, 6) is -1.34. The van der Waals surface area contributed by atoms with Crippen LogP contribution in [0.15, 0.2) is 0 Å². The van der Waals surface area contributed by atoms with Gasteiger partial charge >= 0.3 is 11.9 Å². The molecule has 0 aromatic carbocycles. The summed E-state index contributed by atoms with van der Waals surface area (Å²) in [5, 5.41) is 23.9. The largest absolute Gasteiger partial charge is 0.481 e. The van der Waals surface area contributed by atoms with Crippen molar-refractivity contribution in [3.8, 4) is 0 Å². The van der Waals surface area contributed by atoms with E-state index in [1.165, 1.54) is 218 Å². The summed E-state index contributed by atoms with van der Waals surface area (Å²) in [6, 6.07) is -0.808. The van der Waals surface area contributed by atoms with Gasteiger partial charge < -0.3 is 10.2 Å². The van der Waals surface area contributed by atoms with Gasteiger partial charge in [0.15, 0.2) is 0 Å². The molecule has 3 atom stereocenters. The highest BCUT2D eigenvalue weighted by Crippen LogP contribution is 2.38. The molecule has 3 N–H and O–H groups in total. The topological polar surface area (TPSA) is 86.6 Å². The fourth-order valence-corrected chi connectivity index (χ4v) is 9.27. The zero-order valence-electron chi connectivity index (χ0n) is 38.6. The monoisotopic (exact) mass is 792 g/mol. The van der Waals surface area contributed by atoms with E-state index >= 15 is 0 Å². The Labute approximate surface area is 350 Å². The van der Waals surface area contributed by atoms with Crippen molar-refractivity contribution in [2.75, 3.05) is 0 Å². The molecule has 0 aliphatic carbocycles. The van der Waals surface area contributed by atoms with E-state index in [1.807, 2.05) is 0 Å². The van der Waals surface area contributed by atoms with Gasteiger partial charge in [-0.1, -0.05) is 259 Å². The molecule has 0 heterocycles. The number of carboxylic acid groups (broad SMARTS) is 2. The maximum absolute atomic E-state index is 12.8. The first-order valence-electron chi connectivity index (χ1n) is 25.6. The highest BCUT2D eigenvalue weighted by Gasteiger charge is 2.40. The Balaban J connectivity index is 5.71. The van der Waals surface area contributed by atoms with E-state index in [4.69, 9.17) is 0 Å². The first kappa shape index (κ1) is 54.9. The van der Waals surface area contributed by atoms with Crippen LogP contribution in [0.3, 0.4) is 0 Å². The summed E-state index contributed by atoms with van der Waals surface area (Å²) < 4.78 is 0. The molecule has 0 saturated carbocycles. The van der Waals surface area contributed by atoms with E-state index in [9.17, 15) is 19.8 Å². The zero-order chi connectivity index (χ0) is 41.2. The van der Waals surface area contributed by atoms with Gasteiger partial charge in [-0.05, 0) is 38.0 Å². The minimum atomic E-state index is -0.903. The predicted octanol–water partition coefficient (Wildman–Crippen LogP) is 16.9. The summed E-state index contributed by atoms with van der Waals surface area (Å²) in [6.07, 6.45) is 51.6. The third-order valence-electron chi connectivity index (χ3n) is 13.0. The number of aliphatic carboxylic acids is 2. The number of carbonyl (C=O) groups is 2. The van der Waals surface area contributed by atoms with Crippen molar-refractivity contribution in [3.63, 3.8) is 0 Å². The molecule has 0 rings (SSSR count). The van der Waals surface area contributed by atoms with Crippen LogP contribution in [0.5, 0.6) is 0 Å². The van der Waals surface area contributed by atoms with Crippen LogP contribution in [-0.4, -0.2) is 33.7 Å². The summed E-state index contributed by atoms with van der Waals surface area (Å²) in [4.78, 5) is 24.5. The van der Waals surface area contributed by atoms with Crippen molar-refractivity contribution in [2.24, 2.45) is 5.92 Å². The van der Waals surface area contributed by atoms with E-state index in [-0.39, 0.29) is 18.4 Å². The van der Waals surface area contributed by atoms with Gasteiger partial charge in [-0.3, -0.25) is 14.9 Å². The van der Waals surface area contributed by atoms with Gasteiger partial charge in [-0.15, -0.1) is 0 Å². The van der Waals surface area contributed by atoms with Crippen molar-refractivity contribution >= 4 is 11.9 Å². The Morgan fingerprint density at radius 1 is 0.393 bits per heavy atom. The molecule has 5 nitrogen and oxygen atoms in total. The summed E-state index contributed by atoms with van der Waals surface area (Å²) >= 11 is 0. The highest BCUT2D eigenvalue weighted by molar-refractivity contribution is 5.75. The van der Waals surface area contributed by atoms with Crippen molar-refractivity contribution in [1.29, 1.82) is 0 Å². The quantitative estimate of drug-likeness (QED) is 0.0534. The molecule has 56 heavy (non-hydrogen) atoms. The summed E-state index contributed by atoms with van der Waals surface area (Å²) in [7, 11) is 0. The number of unbranched alkanes of at least 4 members (excludes halogenated alkanes) is 32. The third kappa shape index (κ3) is 33.8. The Bertz CT molecular complexity index is 833. The Kier molecular flexibility index (Phi) is 41.2. The van der Waals surface area contributed by atoms with Gasteiger partial charge in [0, 0.05) is 12.0 Å². The first-order valence-corrected chi connectivity index (χ1v) is 25.6. The number of rotatable bonds is 47. The van der Waals surface area contributed by atoms with Crippen molar-refractivity contribution < 1.29 is 19.8 Å². The molecule has 0 bridgehead atoms. The fraction of sp³-hybridized carbons (Fsp3) is 0.961. The van der Waals surface area contributed by atoms with E-state index in [2.05, 4.69) is 33.0 Å². The second-order valence-corrected chi connectivity index (χ2v) is 18.2. The average Bonchev–Trinajstić information content (AvgIpc) is 3.18. The lowest BCUT2D eigenvalue weighted by Gasteiger charge is -2.45. The molecule has 0 amide bonds. The molecular formula is C51H101NO4. The molecule has 0 radical (unpaired) electrons. The smallest absolute Gasteiger partial charge is 0.320 e. The third-order valence-corrected chi connectivity index (χ3v) is 13.0. The highest BCUT2D eigenvalue weighted by atomic mass is 16.4. The molecule has 0 aromatic rings. The van der Waals surface area contributed by atoms with E-state index in [0.29, 0.717) is 5.92 Å². The van der Waals surface area contributed by atoms with E-state index in [0.717, 1.165) is 38.5 Å². The normalized spacial score (nSPS) is 13.9. The Morgan fingerprint density at radius 2 is 0.661 bits per heavy atom. The van der Waals surface area contributed by atoms with Crippen LogP contribution in [-0.2, 0) is 9.59 Å². The molecule has 0 aliphatic rings. The summed E-state index contributed by atoms with van der Waals surface area (Å²) in [6.45, 7) is 9.13. The second kappa shape index (κ2) is 42.0. The van der Waals surface area contributed by atoms with Crippen LogP contribution >= 0.6 is 0 Å². The standard InChI is InChI=1S/C51H101NO4/c1-5-9-13-17-21-23-24-25-26-27-28-29-30-32-36-40-46-51(45-39-35-20-16-12-8-4,52-48(50(55)56)43-44-49(53)54)47(41-37-33-19-15-11-7-3)42-38-34-31-22-18-14-10-6-2/h47-48,52H,5-46H2,1-4H3,(H,53,54)(H,55,56). The number of hydrogen-bond acceptors (Lipinski definition) is 3. The van der Waals surface area contributed by atoms with Crippen LogP contribution in [0.1, 0.15) is 297 Å². The van der Waals surface area contributed by atoms with Crippen LogP contribution < -0.4 is 5.32 Å². The van der Waals surface area contributed by atoms with Crippen molar-refractivity contribution in [2.45, 2.75) is 309 Å². The van der Waals surface area contributed by atoms with Crippen molar-refractivity contribution in [3.05, 3.63) is 0 Å². The SMILES string of the molecule is CCCCCCCCCCCCCCCCCCC(CCCCCCCC)(NC(CCC(=O)O)C(=O)O)C(CCCCCCCC)CCCCCCCCCC. The lowest BCUT2D eigenvalue weighted by molar-refractivity contribution is -0.141. The van der Waals surface area contributed by atoms with Gasteiger partial charge in [0.05, 0.1) is 0 Å². The van der Waals surface area contributed by atoms with E-state index in [1.54, 1.807) is 0 Å². The van der Waals surface area contributed by atoms with Crippen molar-refractivity contribution in [1.82, 2.24) is 5.32 Å². The maximum atomic E-state index is 12.8. The molecule has 0 saturated heterocycles. The number of nitrogens with one attached hydrogen (secondary N) is 1. The molecule has 0 fully saturated rings. The van der Waals surface area contributed by atoms with Gasteiger partial charge in [-0.2, -0.15) is 0 Å².